The lowest BCUT2D eigenvalue weighted by atomic mass is 10.5. The van der Waals surface area contributed by atoms with E-state index < -0.39 is 0 Å². The van der Waals surface area contributed by atoms with Gasteiger partial charge in [0.1, 0.15) is 10.9 Å². The van der Waals surface area contributed by atoms with Crippen molar-refractivity contribution in [2.24, 2.45) is 0 Å². The molecular formula is C6H14OS2. The summed E-state index contributed by atoms with van der Waals surface area (Å²) in [4.78, 5) is 0. The summed E-state index contributed by atoms with van der Waals surface area (Å²) in [6.07, 6.45) is 1.86. The minimum absolute atomic E-state index is 0.0486. The minimum Gasteiger partial charge on any atom is -0.354 e. The molecule has 1 nitrogen and oxygen atoms in total. The zero-order valence-electron chi connectivity index (χ0n) is 5.87. The van der Waals surface area contributed by atoms with Crippen LogP contribution in [0.5, 0.6) is 0 Å². The van der Waals surface area contributed by atoms with Crippen molar-refractivity contribution in [3.05, 3.63) is 0 Å². The van der Waals surface area contributed by atoms with Crippen LogP contribution >= 0.6 is 25.3 Å². The van der Waals surface area contributed by atoms with Crippen LogP contribution in [-0.4, -0.2) is 10.9 Å². The summed E-state index contributed by atoms with van der Waals surface area (Å²) in [5.41, 5.74) is 0.0971. The molecule has 0 N–H and O–H groups in total. The molecule has 2 atom stereocenters. The number of hydrogen-bond acceptors (Lipinski definition) is 3. The Morgan fingerprint density at radius 3 is 1.67 bits per heavy atom. The summed E-state index contributed by atoms with van der Waals surface area (Å²) in [5, 5.41) is 0. The van der Waals surface area contributed by atoms with E-state index in [4.69, 9.17) is 4.74 Å². The van der Waals surface area contributed by atoms with Gasteiger partial charge in [-0.1, -0.05) is 13.8 Å². The maximum Gasteiger partial charge on any atom is 0.101 e. The van der Waals surface area contributed by atoms with Crippen molar-refractivity contribution in [3.63, 3.8) is 0 Å². The number of hydrogen-bond donors (Lipinski definition) is 2. The van der Waals surface area contributed by atoms with E-state index in [1.54, 1.807) is 0 Å². The van der Waals surface area contributed by atoms with Gasteiger partial charge in [-0.25, -0.2) is 0 Å². The maximum absolute atomic E-state index is 5.28. The van der Waals surface area contributed by atoms with E-state index in [9.17, 15) is 0 Å². The molecule has 0 radical (unpaired) electrons. The molecule has 0 aliphatic carbocycles. The molecule has 0 heterocycles. The van der Waals surface area contributed by atoms with Gasteiger partial charge in [-0.2, -0.15) is 0 Å². The van der Waals surface area contributed by atoms with Gasteiger partial charge in [-0.05, 0) is 12.8 Å². The van der Waals surface area contributed by atoms with E-state index >= 15 is 0 Å². The Morgan fingerprint density at radius 1 is 1.11 bits per heavy atom. The van der Waals surface area contributed by atoms with Gasteiger partial charge in [0.15, 0.2) is 0 Å². The summed E-state index contributed by atoms with van der Waals surface area (Å²) < 4.78 is 5.28. The highest BCUT2D eigenvalue weighted by atomic mass is 32.1. The fraction of sp³-hybridized carbons (Fsp3) is 1.00. The lowest BCUT2D eigenvalue weighted by molar-refractivity contribution is 0.0899. The van der Waals surface area contributed by atoms with Gasteiger partial charge in [0.05, 0.1) is 0 Å². The van der Waals surface area contributed by atoms with Crippen LogP contribution in [0.3, 0.4) is 0 Å². The predicted molar refractivity (Wildman–Crippen MR) is 47.2 cm³/mol. The van der Waals surface area contributed by atoms with Crippen molar-refractivity contribution in [3.8, 4) is 0 Å². The lowest BCUT2D eigenvalue weighted by Crippen LogP contribution is -2.10. The van der Waals surface area contributed by atoms with Crippen molar-refractivity contribution >= 4 is 25.3 Å². The molecule has 0 aromatic rings. The van der Waals surface area contributed by atoms with Crippen LogP contribution in [0.25, 0.3) is 0 Å². The highest BCUT2D eigenvalue weighted by Crippen LogP contribution is 2.10. The molecule has 0 aliphatic rings. The normalized spacial score (nSPS) is 17.3. The Morgan fingerprint density at radius 2 is 1.44 bits per heavy atom. The summed E-state index contributed by atoms with van der Waals surface area (Å²) >= 11 is 8.30. The van der Waals surface area contributed by atoms with Crippen LogP contribution < -0.4 is 0 Å². The second-order valence-electron chi connectivity index (χ2n) is 1.86. The SMILES string of the molecule is CCC(S)OC(S)CC. The maximum atomic E-state index is 5.28. The molecule has 56 valence electrons. The van der Waals surface area contributed by atoms with E-state index in [1.807, 2.05) is 13.8 Å². The van der Waals surface area contributed by atoms with Gasteiger partial charge in [-0.15, -0.1) is 25.3 Å². The van der Waals surface area contributed by atoms with Crippen molar-refractivity contribution < 1.29 is 4.74 Å². The second kappa shape index (κ2) is 5.45. The molecule has 0 aromatic carbocycles. The molecule has 0 amide bonds. The first-order valence-electron chi connectivity index (χ1n) is 3.22. The van der Waals surface area contributed by atoms with Crippen LogP contribution in [0.1, 0.15) is 26.7 Å². The smallest absolute Gasteiger partial charge is 0.101 e. The van der Waals surface area contributed by atoms with E-state index in [1.165, 1.54) is 0 Å². The Hall–Kier alpha value is 0.660. The van der Waals surface area contributed by atoms with Crippen molar-refractivity contribution in [2.75, 3.05) is 0 Å². The zero-order valence-corrected chi connectivity index (χ0v) is 7.66. The molecule has 0 bridgehead atoms. The monoisotopic (exact) mass is 166 g/mol. The third-order valence-electron chi connectivity index (χ3n) is 1.01. The van der Waals surface area contributed by atoms with Crippen molar-refractivity contribution in [1.29, 1.82) is 0 Å². The quantitative estimate of drug-likeness (QED) is 0.481. The molecule has 0 aliphatic heterocycles. The van der Waals surface area contributed by atoms with E-state index in [2.05, 4.69) is 25.3 Å². The standard InChI is InChI=1S/C6H14OS2/c1-3-5(8)7-6(9)4-2/h5-6,8-9H,3-4H2,1-2H3. The third-order valence-corrected chi connectivity index (χ3v) is 1.99. The van der Waals surface area contributed by atoms with Gasteiger partial charge < -0.3 is 4.74 Å². The summed E-state index contributed by atoms with van der Waals surface area (Å²) in [5.74, 6) is 0. The minimum atomic E-state index is 0.0486. The topological polar surface area (TPSA) is 9.23 Å². The molecule has 0 saturated carbocycles. The highest BCUT2D eigenvalue weighted by molar-refractivity contribution is 7.81. The molecule has 0 spiro atoms. The van der Waals surface area contributed by atoms with Crippen LogP contribution in [0.15, 0.2) is 0 Å². The van der Waals surface area contributed by atoms with E-state index in [0.717, 1.165) is 12.8 Å². The Bertz CT molecular complexity index is 60.1. The summed E-state index contributed by atoms with van der Waals surface area (Å²) in [6, 6.07) is 0. The molecule has 2 unspecified atom stereocenters. The number of rotatable bonds is 4. The van der Waals surface area contributed by atoms with Gasteiger partial charge >= 0.3 is 0 Å². The van der Waals surface area contributed by atoms with E-state index in [0.29, 0.717) is 0 Å². The highest BCUT2D eigenvalue weighted by Gasteiger charge is 2.04. The van der Waals surface area contributed by atoms with Crippen LogP contribution in [0.4, 0.5) is 0 Å². The molecular weight excluding hydrogens is 152 g/mol. The van der Waals surface area contributed by atoms with Crippen molar-refractivity contribution in [2.45, 2.75) is 37.6 Å². The predicted octanol–water partition coefficient (Wildman–Crippen LogP) is 2.33. The molecule has 0 fully saturated rings. The first kappa shape index (κ1) is 9.66. The average molecular weight is 166 g/mol. The largest absolute Gasteiger partial charge is 0.354 e. The fourth-order valence-corrected chi connectivity index (χ4v) is 0.764. The first-order chi connectivity index (χ1) is 4.20. The summed E-state index contributed by atoms with van der Waals surface area (Å²) in [6.45, 7) is 4.07. The third kappa shape index (κ3) is 5.12. The van der Waals surface area contributed by atoms with Crippen LogP contribution in [0.2, 0.25) is 0 Å². The summed E-state index contributed by atoms with van der Waals surface area (Å²) in [7, 11) is 0. The Labute approximate surface area is 68.0 Å². The Balaban J connectivity index is 3.22. The van der Waals surface area contributed by atoms with E-state index in [-0.39, 0.29) is 10.9 Å². The number of thiol groups is 2. The molecule has 0 aromatic heterocycles. The zero-order chi connectivity index (χ0) is 7.28. The second-order valence-corrected chi connectivity index (χ2v) is 3.01. The number of ether oxygens (including phenoxy) is 1. The Kier molecular flexibility index (Phi) is 5.84. The van der Waals surface area contributed by atoms with Gasteiger partial charge in [0.25, 0.3) is 0 Å². The van der Waals surface area contributed by atoms with Gasteiger partial charge in [0, 0.05) is 0 Å². The molecule has 0 saturated heterocycles. The van der Waals surface area contributed by atoms with Crippen LogP contribution in [0, 0.1) is 0 Å². The molecule has 0 rings (SSSR count). The first-order valence-corrected chi connectivity index (χ1v) is 4.25. The molecule has 9 heavy (non-hydrogen) atoms. The van der Waals surface area contributed by atoms with Crippen molar-refractivity contribution in [1.82, 2.24) is 0 Å². The van der Waals surface area contributed by atoms with Gasteiger partial charge in [0.2, 0.25) is 0 Å². The lowest BCUT2D eigenvalue weighted by Gasteiger charge is -2.14. The molecule has 3 heteroatoms. The fourth-order valence-electron chi connectivity index (χ4n) is 0.374. The van der Waals surface area contributed by atoms with Gasteiger partial charge in [-0.3, -0.25) is 0 Å². The average Bonchev–Trinajstić information content (AvgIpc) is 1.87. The van der Waals surface area contributed by atoms with Crippen LogP contribution in [-0.2, 0) is 4.74 Å².